The Morgan fingerprint density at radius 1 is 1.00 bits per heavy atom. The van der Waals surface area contributed by atoms with Gasteiger partial charge in [0.25, 0.3) is 11.8 Å². The highest BCUT2D eigenvalue weighted by molar-refractivity contribution is 7.86. The van der Waals surface area contributed by atoms with Crippen LogP contribution in [0.1, 0.15) is 12.0 Å². The Labute approximate surface area is 133 Å². The highest BCUT2D eigenvalue weighted by Gasteiger charge is 2.52. The quantitative estimate of drug-likeness (QED) is 0.619. The number of aryl methyl sites for hydroxylation is 1. The molecule has 0 fully saturated rings. The molecule has 0 N–H and O–H groups in total. The molecule has 1 aromatic rings. The first-order valence-corrected chi connectivity index (χ1v) is 8.62. The molecule has 4 rings (SSSR count). The van der Waals surface area contributed by atoms with Crippen molar-refractivity contribution in [2.45, 2.75) is 18.2 Å². The van der Waals surface area contributed by atoms with Crippen molar-refractivity contribution >= 4 is 21.9 Å². The average Bonchev–Trinajstić information content (AvgIpc) is 3.17. The maximum atomic E-state index is 12.4. The SMILES string of the molecule is Cc1ccc(S(=O)(=O)ON2C(=O)C3=C(C2=O)C2C=CC3C2)cc1. The molecule has 1 heterocycles. The van der Waals surface area contributed by atoms with Gasteiger partial charge in [-0.15, -0.1) is 9.35 Å². The first kappa shape index (κ1) is 14.3. The molecule has 0 aromatic heterocycles. The van der Waals surface area contributed by atoms with Crippen molar-refractivity contribution in [2.24, 2.45) is 11.8 Å². The lowest BCUT2D eigenvalue weighted by molar-refractivity contribution is -0.163. The molecule has 23 heavy (non-hydrogen) atoms. The van der Waals surface area contributed by atoms with Crippen molar-refractivity contribution in [1.82, 2.24) is 5.06 Å². The van der Waals surface area contributed by atoms with Crippen LogP contribution in [0.3, 0.4) is 0 Å². The first-order valence-electron chi connectivity index (χ1n) is 7.21. The van der Waals surface area contributed by atoms with Crippen LogP contribution in [0.15, 0.2) is 52.5 Å². The summed E-state index contributed by atoms with van der Waals surface area (Å²) in [6, 6.07) is 5.99. The van der Waals surface area contributed by atoms with E-state index >= 15 is 0 Å². The molecule has 0 saturated heterocycles. The average molecular weight is 331 g/mol. The third kappa shape index (κ3) is 2.00. The molecule has 0 spiro atoms. The Hall–Kier alpha value is -2.25. The van der Waals surface area contributed by atoms with Crippen molar-refractivity contribution < 1.29 is 22.3 Å². The summed E-state index contributed by atoms with van der Waals surface area (Å²) < 4.78 is 29.4. The van der Waals surface area contributed by atoms with Gasteiger partial charge in [-0.3, -0.25) is 9.59 Å². The number of carbonyl (C=O) groups excluding carboxylic acids is 2. The number of hydrogen-bond acceptors (Lipinski definition) is 5. The number of carbonyl (C=O) groups is 2. The van der Waals surface area contributed by atoms with Crippen LogP contribution in [-0.2, 0) is 24.0 Å². The molecule has 2 unspecified atom stereocenters. The van der Waals surface area contributed by atoms with E-state index in [9.17, 15) is 18.0 Å². The third-order valence-electron chi connectivity index (χ3n) is 4.43. The maximum absolute atomic E-state index is 12.4. The van der Waals surface area contributed by atoms with E-state index in [4.69, 9.17) is 4.28 Å². The number of hydroxylamine groups is 2. The maximum Gasteiger partial charge on any atom is 0.318 e. The van der Waals surface area contributed by atoms with Crippen LogP contribution in [0.4, 0.5) is 0 Å². The Morgan fingerprint density at radius 3 is 2.04 bits per heavy atom. The normalized spacial score (nSPS) is 25.7. The summed E-state index contributed by atoms with van der Waals surface area (Å²) in [7, 11) is -4.23. The lowest BCUT2D eigenvalue weighted by Crippen LogP contribution is -2.36. The number of benzene rings is 1. The van der Waals surface area contributed by atoms with E-state index in [2.05, 4.69) is 0 Å². The van der Waals surface area contributed by atoms with Crippen molar-refractivity contribution in [2.75, 3.05) is 0 Å². The molecule has 6 nitrogen and oxygen atoms in total. The molecule has 2 amide bonds. The number of hydrogen-bond donors (Lipinski definition) is 0. The van der Waals surface area contributed by atoms with E-state index in [1.54, 1.807) is 12.1 Å². The fourth-order valence-electron chi connectivity index (χ4n) is 3.30. The zero-order chi connectivity index (χ0) is 16.4. The number of imide groups is 1. The van der Waals surface area contributed by atoms with E-state index in [1.807, 2.05) is 19.1 Å². The molecular formula is C16H13NO5S. The van der Waals surface area contributed by atoms with Gasteiger partial charge >= 0.3 is 10.1 Å². The Bertz CT molecular complexity index is 861. The number of rotatable bonds is 3. The molecule has 2 atom stereocenters. The fourth-order valence-corrected chi connectivity index (χ4v) is 4.19. The van der Waals surface area contributed by atoms with Gasteiger partial charge < -0.3 is 0 Å². The van der Waals surface area contributed by atoms with Gasteiger partial charge in [-0.05, 0) is 25.5 Å². The predicted octanol–water partition coefficient (Wildman–Crippen LogP) is 1.49. The largest absolute Gasteiger partial charge is 0.318 e. The third-order valence-corrected chi connectivity index (χ3v) is 5.62. The van der Waals surface area contributed by atoms with Gasteiger partial charge in [0, 0.05) is 23.0 Å². The van der Waals surface area contributed by atoms with Gasteiger partial charge in [-0.25, -0.2) is 0 Å². The Balaban J connectivity index is 1.62. The summed E-state index contributed by atoms with van der Waals surface area (Å²) in [5, 5.41) is 0.381. The molecule has 0 radical (unpaired) electrons. The second-order valence-electron chi connectivity index (χ2n) is 5.91. The zero-order valence-corrected chi connectivity index (χ0v) is 13.0. The highest BCUT2D eigenvalue weighted by Crippen LogP contribution is 2.48. The Morgan fingerprint density at radius 2 is 1.52 bits per heavy atom. The lowest BCUT2D eigenvalue weighted by Gasteiger charge is -2.16. The minimum absolute atomic E-state index is 0.100. The minimum Gasteiger partial charge on any atom is -0.267 e. The van der Waals surface area contributed by atoms with Crippen molar-refractivity contribution in [3.05, 3.63) is 53.1 Å². The molecule has 0 saturated carbocycles. The summed E-state index contributed by atoms with van der Waals surface area (Å²) in [4.78, 5) is 24.6. The minimum atomic E-state index is -4.23. The number of nitrogens with zero attached hydrogens (tertiary/aromatic N) is 1. The fraction of sp³-hybridized carbons (Fsp3) is 0.250. The molecule has 1 aromatic carbocycles. The van der Waals surface area contributed by atoms with Crippen molar-refractivity contribution in [1.29, 1.82) is 0 Å². The van der Waals surface area contributed by atoms with Crippen molar-refractivity contribution in [3.8, 4) is 0 Å². The topological polar surface area (TPSA) is 80.8 Å². The van der Waals surface area contributed by atoms with Gasteiger partial charge in [0.2, 0.25) is 0 Å². The number of amides is 2. The molecule has 2 bridgehead atoms. The molecule has 118 valence electrons. The summed E-state index contributed by atoms with van der Waals surface area (Å²) >= 11 is 0. The zero-order valence-electron chi connectivity index (χ0n) is 12.2. The molecule has 2 aliphatic carbocycles. The molecule has 7 heteroatoms. The lowest BCUT2D eigenvalue weighted by atomic mass is 9.99. The molecule has 1 aliphatic heterocycles. The van der Waals surface area contributed by atoms with E-state index in [-0.39, 0.29) is 16.7 Å². The van der Waals surface area contributed by atoms with Crippen LogP contribution < -0.4 is 0 Å². The summed E-state index contributed by atoms with van der Waals surface area (Å²) in [5.41, 5.74) is 1.64. The standard InChI is InChI=1S/C16H13NO5S/c1-9-2-6-12(7-3-9)23(20,21)22-17-15(18)13-10-4-5-11(8-10)14(13)16(17)19/h2-7,10-11H,8H2,1H3. The Kier molecular flexibility index (Phi) is 2.88. The monoisotopic (exact) mass is 331 g/mol. The predicted molar refractivity (Wildman–Crippen MR) is 79.1 cm³/mol. The summed E-state index contributed by atoms with van der Waals surface area (Å²) in [6.45, 7) is 1.82. The first-order chi connectivity index (χ1) is 10.9. The highest BCUT2D eigenvalue weighted by atomic mass is 32.2. The van der Waals surface area contributed by atoms with E-state index in [0.29, 0.717) is 22.6 Å². The van der Waals surface area contributed by atoms with Gasteiger partial charge in [0.05, 0.1) is 4.90 Å². The summed E-state index contributed by atoms with van der Waals surface area (Å²) in [6.07, 6.45) is 4.47. The second kappa shape index (κ2) is 4.62. The van der Waals surface area contributed by atoms with Crippen LogP contribution >= 0.6 is 0 Å². The van der Waals surface area contributed by atoms with Crippen LogP contribution in [0.2, 0.25) is 0 Å². The molecular weight excluding hydrogens is 318 g/mol. The molecule has 3 aliphatic rings. The van der Waals surface area contributed by atoms with E-state index < -0.39 is 21.9 Å². The number of fused-ring (bicyclic) bond motifs is 4. The van der Waals surface area contributed by atoms with E-state index in [0.717, 1.165) is 5.56 Å². The van der Waals surface area contributed by atoms with E-state index in [1.165, 1.54) is 12.1 Å². The van der Waals surface area contributed by atoms with Crippen LogP contribution in [-0.4, -0.2) is 25.3 Å². The van der Waals surface area contributed by atoms with Crippen LogP contribution in [0.5, 0.6) is 0 Å². The van der Waals surface area contributed by atoms with Gasteiger partial charge in [0.15, 0.2) is 0 Å². The van der Waals surface area contributed by atoms with Gasteiger partial charge in [-0.1, -0.05) is 29.8 Å². The smallest absolute Gasteiger partial charge is 0.267 e. The summed E-state index contributed by atoms with van der Waals surface area (Å²) in [5.74, 6) is -1.56. The van der Waals surface area contributed by atoms with Crippen LogP contribution in [0.25, 0.3) is 0 Å². The van der Waals surface area contributed by atoms with Crippen LogP contribution in [0, 0.1) is 18.8 Å². The second-order valence-corrected chi connectivity index (χ2v) is 7.44. The van der Waals surface area contributed by atoms with Gasteiger partial charge in [-0.2, -0.15) is 8.42 Å². The number of allylic oxidation sites excluding steroid dienone is 2. The van der Waals surface area contributed by atoms with Gasteiger partial charge in [0.1, 0.15) is 0 Å². The van der Waals surface area contributed by atoms with Crippen molar-refractivity contribution in [3.63, 3.8) is 0 Å².